The maximum absolute atomic E-state index is 12.2. The van der Waals surface area contributed by atoms with Crippen molar-refractivity contribution in [2.45, 2.75) is 40.3 Å². The lowest BCUT2D eigenvalue weighted by molar-refractivity contribution is 0.0957. The van der Waals surface area contributed by atoms with Crippen molar-refractivity contribution >= 4 is 17.4 Å². The molecule has 0 saturated carbocycles. The van der Waals surface area contributed by atoms with E-state index in [1.807, 2.05) is 24.4 Å². The minimum Gasteiger partial charge on any atom is -0.491 e. The van der Waals surface area contributed by atoms with Crippen molar-refractivity contribution in [3.05, 3.63) is 52.9 Å². The third-order valence-electron chi connectivity index (χ3n) is 5.13. The molecule has 1 aromatic heterocycles. The van der Waals surface area contributed by atoms with Crippen molar-refractivity contribution in [1.82, 2.24) is 20.6 Å². The van der Waals surface area contributed by atoms with Crippen LogP contribution < -0.4 is 20.7 Å². The summed E-state index contributed by atoms with van der Waals surface area (Å²) >= 11 is 0. The summed E-state index contributed by atoms with van der Waals surface area (Å²) in [5.74, 6) is 1.15. The third kappa shape index (κ3) is 4.46. The summed E-state index contributed by atoms with van der Waals surface area (Å²) in [6, 6.07) is 5.91. The number of nitrogens with zero attached hydrogens (tertiary/aromatic N) is 2. The molecule has 7 heteroatoms. The van der Waals surface area contributed by atoms with Gasteiger partial charge in [0, 0.05) is 30.9 Å². The molecular formula is C23H29N5O2. The maximum Gasteiger partial charge on any atom is 0.255 e. The normalized spacial score (nSPS) is 18.7. The molecule has 2 aromatic rings. The summed E-state index contributed by atoms with van der Waals surface area (Å²) in [6.07, 6.45) is 4.06. The molecule has 3 N–H and O–H groups in total. The summed E-state index contributed by atoms with van der Waals surface area (Å²) in [7, 11) is 0. The van der Waals surface area contributed by atoms with Crippen LogP contribution in [0.25, 0.3) is 5.57 Å². The van der Waals surface area contributed by atoms with Gasteiger partial charge in [-0.2, -0.15) is 0 Å². The number of aromatic nitrogens is 2. The number of anilines is 1. The number of hydrogen-bond acceptors (Lipinski definition) is 6. The van der Waals surface area contributed by atoms with E-state index in [9.17, 15) is 4.79 Å². The summed E-state index contributed by atoms with van der Waals surface area (Å²) in [5, 5.41) is 9.67. The minimum atomic E-state index is -0.0998. The van der Waals surface area contributed by atoms with Gasteiger partial charge in [-0.05, 0) is 35.6 Å². The Balaban J connectivity index is 1.70. The molecule has 2 aliphatic heterocycles. The molecule has 0 aliphatic carbocycles. The van der Waals surface area contributed by atoms with Crippen LogP contribution in [0.15, 0.2) is 30.5 Å². The Morgan fingerprint density at radius 1 is 1.27 bits per heavy atom. The van der Waals surface area contributed by atoms with Gasteiger partial charge in [0.2, 0.25) is 5.95 Å². The molecule has 0 fully saturated rings. The third-order valence-corrected chi connectivity index (χ3v) is 5.13. The van der Waals surface area contributed by atoms with Crippen LogP contribution in [0.1, 0.15) is 54.9 Å². The minimum absolute atomic E-state index is 0.0998. The fourth-order valence-electron chi connectivity index (χ4n) is 3.53. The molecule has 2 aliphatic rings. The van der Waals surface area contributed by atoms with Crippen molar-refractivity contribution in [3.8, 4) is 5.75 Å². The van der Waals surface area contributed by atoms with Gasteiger partial charge in [0.15, 0.2) is 0 Å². The molecule has 0 saturated heterocycles. The van der Waals surface area contributed by atoms with E-state index in [-0.39, 0.29) is 17.4 Å². The Morgan fingerprint density at radius 2 is 2.10 bits per heavy atom. The van der Waals surface area contributed by atoms with Crippen LogP contribution in [-0.2, 0) is 6.54 Å². The van der Waals surface area contributed by atoms with Gasteiger partial charge in [-0.15, -0.1) is 0 Å². The van der Waals surface area contributed by atoms with Crippen molar-refractivity contribution in [3.63, 3.8) is 0 Å². The van der Waals surface area contributed by atoms with E-state index in [1.165, 1.54) is 0 Å². The van der Waals surface area contributed by atoms with E-state index in [1.54, 1.807) is 0 Å². The van der Waals surface area contributed by atoms with Crippen LogP contribution in [0.2, 0.25) is 0 Å². The van der Waals surface area contributed by atoms with Crippen LogP contribution in [0, 0.1) is 5.41 Å². The second-order valence-corrected chi connectivity index (χ2v) is 9.03. The average Bonchev–Trinajstić information content (AvgIpc) is 2.99. The van der Waals surface area contributed by atoms with E-state index >= 15 is 0 Å². The number of nitrogens with one attached hydrogen (secondary N) is 3. The highest BCUT2D eigenvalue weighted by Crippen LogP contribution is 2.32. The number of hydrogen-bond donors (Lipinski definition) is 3. The topological polar surface area (TPSA) is 88.2 Å². The van der Waals surface area contributed by atoms with Gasteiger partial charge in [-0.3, -0.25) is 4.79 Å². The first kappa shape index (κ1) is 20.3. The predicted octanol–water partition coefficient (Wildman–Crippen LogP) is 2.98. The Bertz CT molecular complexity index is 994. The number of rotatable bonds is 3. The fourth-order valence-corrected chi connectivity index (χ4v) is 3.53. The summed E-state index contributed by atoms with van der Waals surface area (Å²) in [6.45, 7) is 11.1. The van der Waals surface area contributed by atoms with Gasteiger partial charge in [0.1, 0.15) is 12.4 Å². The number of carbonyl (C=O) groups is 1. The highest BCUT2D eigenvalue weighted by molar-refractivity contribution is 5.98. The van der Waals surface area contributed by atoms with Crippen molar-refractivity contribution in [1.29, 1.82) is 0 Å². The highest BCUT2D eigenvalue weighted by atomic mass is 16.5. The van der Waals surface area contributed by atoms with Gasteiger partial charge >= 0.3 is 0 Å². The average molecular weight is 408 g/mol. The Kier molecular flexibility index (Phi) is 5.47. The molecule has 1 amide bonds. The SMILES string of the molecule is C[C@@H]1C=C(c2ccc3c(c2)OCCNC3=O)c2cnc(NCC(C)(C)C)nc2CN1. The number of amides is 1. The van der Waals surface area contributed by atoms with E-state index in [0.29, 0.717) is 37.0 Å². The smallest absolute Gasteiger partial charge is 0.255 e. The van der Waals surface area contributed by atoms with Crippen LogP contribution in [0.5, 0.6) is 5.75 Å². The van der Waals surface area contributed by atoms with Crippen LogP contribution in [-0.4, -0.2) is 41.6 Å². The molecule has 0 radical (unpaired) electrons. The lowest BCUT2D eigenvalue weighted by Crippen LogP contribution is -2.24. The summed E-state index contributed by atoms with van der Waals surface area (Å²) in [5.41, 5.74) is 4.68. The molecular weight excluding hydrogens is 378 g/mol. The Labute approximate surface area is 177 Å². The molecule has 1 aromatic carbocycles. The maximum atomic E-state index is 12.2. The fraction of sp³-hybridized carbons (Fsp3) is 0.435. The first-order chi connectivity index (χ1) is 14.3. The molecule has 4 rings (SSSR count). The van der Waals surface area contributed by atoms with Gasteiger partial charge in [0.05, 0.1) is 17.8 Å². The lowest BCUT2D eigenvalue weighted by atomic mass is 9.95. The first-order valence-electron chi connectivity index (χ1n) is 10.4. The van der Waals surface area contributed by atoms with E-state index in [0.717, 1.165) is 28.9 Å². The van der Waals surface area contributed by atoms with E-state index in [2.05, 4.69) is 54.7 Å². The molecule has 0 spiro atoms. The Hall–Kier alpha value is -2.93. The number of ether oxygens (including phenoxy) is 1. The largest absolute Gasteiger partial charge is 0.491 e. The standard InChI is InChI=1S/C23H29N5O2/c1-14-9-17(15-5-6-16-20(10-15)30-8-7-24-21(16)29)18-11-26-22(27-13-23(2,3)4)28-19(18)12-25-14/h5-6,9-11,14,25H,7-8,12-13H2,1-4H3,(H,24,29)(H,26,27,28)/t14-/m1/s1. The number of carbonyl (C=O) groups excluding carboxylic acids is 1. The zero-order valence-electron chi connectivity index (χ0n) is 18.0. The van der Waals surface area contributed by atoms with Crippen LogP contribution in [0.3, 0.4) is 0 Å². The lowest BCUT2D eigenvalue weighted by Gasteiger charge is -2.19. The number of fused-ring (bicyclic) bond motifs is 2. The monoisotopic (exact) mass is 407 g/mol. The molecule has 30 heavy (non-hydrogen) atoms. The van der Waals surface area contributed by atoms with E-state index < -0.39 is 0 Å². The quantitative estimate of drug-likeness (QED) is 0.725. The molecule has 3 heterocycles. The highest BCUT2D eigenvalue weighted by Gasteiger charge is 2.22. The summed E-state index contributed by atoms with van der Waals surface area (Å²) < 4.78 is 5.81. The van der Waals surface area contributed by atoms with Crippen molar-refractivity contribution in [2.24, 2.45) is 5.41 Å². The zero-order valence-corrected chi connectivity index (χ0v) is 18.0. The molecule has 158 valence electrons. The van der Waals surface area contributed by atoms with Crippen molar-refractivity contribution in [2.75, 3.05) is 25.0 Å². The summed E-state index contributed by atoms with van der Waals surface area (Å²) in [4.78, 5) is 21.6. The first-order valence-corrected chi connectivity index (χ1v) is 10.4. The van der Waals surface area contributed by atoms with E-state index in [4.69, 9.17) is 9.72 Å². The zero-order chi connectivity index (χ0) is 21.3. The van der Waals surface area contributed by atoms with Gasteiger partial charge in [-0.25, -0.2) is 9.97 Å². The molecule has 7 nitrogen and oxygen atoms in total. The predicted molar refractivity (Wildman–Crippen MR) is 118 cm³/mol. The van der Waals surface area contributed by atoms with Gasteiger partial charge < -0.3 is 20.7 Å². The number of benzene rings is 1. The van der Waals surface area contributed by atoms with Crippen LogP contribution >= 0.6 is 0 Å². The Morgan fingerprint density at radius 3 is 2.90 bits per heavy atom. The molecule has 0 bridgehead atoms. The molecule has 1 atom stereocenters. The second kappa shape index (κ2) is 8.07. The van der Waals surface area contributed by atoms with Gasteiger partial charge in [0.25, 0.3) is 5.91 Å². The van der Waals surface area contributed by atoms with Gasteiger partial charge in [-0.1, -0.05) is 32.9 Å². The molecule has 0 unspecified atom stereocenters. The van der Waals surface area contributed by atoms with Crippen LogP contribution in [0.4, 0.5) is 5.95 Å². The second-order valence-electron chi connectivity index (χ2n) is 9.03. The van der Waals surface area contributed by atoms with Crippen molar-refractivity contribution < 1.29 is 9.53 Å².